The van der Waals surface area contributed by atoms with Gasteiger partial charge in [-0.25, -0.2) is 4.79 Å². The summed E-state index contributed by atoms with van der Waals surface area (Å²) in [5.74, 6) is -0.658. The number of thioether (sulfide) groups is 1. The van der Waals surface area contributed by atoms with Crippen molar-refractivity contribution in [3.8, 4) is 11.1 Å². The monoisotopic (exact) mass is 520 g/mol. The molecule has 200 valence electrons. The third kappa shape index (κ3) is 11.3. The standard InChI is InChI=1S/C30H44N2O3S.Li.H/c1-5-7-18-32(19-8-6-2)20-11-13-24-15-16-26(27(22-24)25-14-10-9-12-23(25)3)29(33)31-28(30(34)35)17-21-36-4;;/h9-10,12,14-16,22,28H,5-8,11,13,17-21H2,1-4H3,(H,31,33)(H,34,35);;/t28-;;/m0../s1. The summed E-state index contributed by atoms with van der Waals surface area (Å²) in [6, 6.07) is 13.2. The average Bonchev–Trinajstić information content (AvgIpc) is 2.87. The minimum atomic E-state index is -0.998. The molecule has 0 aliphatic carbocycles. The van der Waals surface area contributed by atoms with Crippen molar-refractivity contribution in [3.05, 3.63) is 59.2 Å². The first-order valence-electron chi connectivity index (χ1n) is 13.3. The van der Waals surface area contributed by atoms with Gasteiger partial charge in [0.05, 0.1) is 0 Å². The number of rotatable bonds is 17. The first-order chi connectivity index (χ1) is 17.4. The molecule has 1 atom stereocenters. The molecule has 7 heteroatoms. The molecule has 0 bridgehead atoms. The Morgan fingerprint density at radius 3 is 2.22 bits per heavy atom. The van der Waals surface area contributed by atoms with Gasteiger partial charge in [0.1, 0.15) is 6.04 Å². The number of hydrogen-bond donors (Lipinski definition) is 2. The van der Waals surface area contributed by atoms with Gasteiger partial charge in [0.2, 0.25) is 0 Å². The Bertz CT molecular complexity index is 962. The zero-order chi connectivity index (χ0) is 26.3. The molecule has 0 saturated heterocycles. The van der Waals surface area contributed by atoms with E-state index in [9.17, 15) is 14.7 Å². The van der Waals surface area contributed by atoms with Crippen molar-refractivity contribution in [3.63, 3.8) is 0 Å². The number of hydrogen-bond acceptors (Lipinski definition) is 4. The summed E-state index contributed by atoms with van der Waals surface area (Å²) in [4.78, 5) is 27.5. The van der Waals surface area contributed by atoms with E-state index in [0.29, 0.717) is 17.7 Å². The summed E-state index contributed by atoms with van der Waals surface area (Å²) < 4.78 is 0. The van der Waals surface area contributed by atoms with Gasteiger partial charge < -0.3 is 15.3 Å². The molecule has 0 aliphatic heterocycles. The Morgan fingerprint density at radius 2 is 1.62 bits per heavy atom. The number of carbonyl (C=O) groups excluding carboxylic acids is 1. The maximum absolute atomic E-state index is 13.3. The third-order valence-corrected chi connectivity index (χ3v) is 7.22. The Hall–Kier alpha value is -1.71. The van der Waals surface area contributed by atoms with Gasteiger partial charge in [-0.15, -0.1) is 0 Å². The fourth-order valence-electron chi connectivity index (χ4n) is 4.38. The van der Waals surface area contributed by atoms with Crippen LogP contribution in [0, 0.1) is 6.92 Å². The van der Waals surface area contributed by atoms with Crippen LogP contribution in [-0.4, -0.2) is 78.4 Å². The van der Waals surface area contributed by atoms with Crippen LogP contribution in [0.5, 0.6) is 0 Å². The molecule has 0 radical (unpaired) electrons. The molecule has 2 rings (SSSR count). The third-order valence-electron chi connectivity index (χ3n) is 6.57. The second kappa shape index (κ2) is 18.5. The molecule has 5 nitrogen and oxygen atoms in total. The SMILES string of the molecule is CCCCN(CCCC)CCCc1ccc(C(=O)N[C@@H](CCSC)C(=O)O)c(-c2ccccc2C)c1.[LiH]. The molecule has 0 unspecified atom stereocenters. The molecule has 2 aromatic carbocycles. The Morgan fingerprint density at radius 1 is 0.973 bits per heavy atom. The first-order valence-corrected chi connectivity index (χ1v) is 14.7. The van der Waals surface area contributed by atoms with Gasteiger partial charge in [-0.05, 0) is 99.0 Å². The zero-order valence-electron chi connectivity index (χ0n) is 22.5. The number of benzene rings is 2. The molecule has 0 fully saturated rings. The molecule has 2 aromatic rings. The van der Waals surface area contributed by atoms with Crippen LogP contribution in [0.4, 0.5) is 0 Å². The molecule has 37 heavy (non-hydrogen) atoms. The number of carboxylic acids is 1. The van der Waals surface area contributed by atoms with Crippen molar-refractivity contribution in [2.75, 3.05) is 31.6 Å². The molecular weight excluding hydrogens is 475 g/mol. The summed E-state index contributed by atoms with van der Waals surface area (Å²) >= 11 is 1.57. The number of amides is 1. The molecule has 0 saturated carbocycles. The van der Waals surface area contributed by atoms with Gasteiger partial charge in [0, 0.05) is 5.56 Å². The molecular formula is C30H45LiN2O3S. The van der Waals surface area contributed by atoms with Gasteiger partial charge in [-0.1, -0.05) is 63.1 Å². The van der Waals surface area contributed by atoms with Crippen LogP contribution in [0.15, 0.2) is 42.5 Å². The van der Waals surface area contributed by atoms with Gasteiger partial charge in [-0.2, -0.15) is 11.8 Å². The second-order valence-corrected chi connectivity index (χ2v) is 10.5. The number of carbonyl (C=O) groups is 2. The fraction of sp³-hybridized carbons (Fsp3) is 0.533. The van der Waals surface area contributed by atoms with Gasteiger partial charge in [0.15, 0.2) is 0 Å². The Balaban J connectivity index is 0.00000684. The summed E-state index contributed by atoms with van der Waals surface area (Å²) in [6.45, 7) is 9.92. The number of aliphatic carboxylic acids is 1. The predicted octanol–water partition coefficient (Wildman–Crippen LogP) is 5.78. The molecule has 1 amide bonds. The van der Waals surface area contributed by atoms with Crippen molar-refractivity contribution in [2.24, 2.45) is 0 Å². The summed E-state index contributed by atoms with van der Waals surface area (Å²) in [5, 5.41) is 12.3. The van der Waals surface area contributed by atoms with E-state index in [1.165, 1.54) is 31.2 Å². The van der Waals surface area contributed by atoms with E-state index in [1.807, 2.05) is 49.6 Å². The van der Waals surface area contributed by atoms with Crippen LogP contribution < -0.4 is 5.32 Å². The predicted molar refractivity (Wildman–Crippen MR) is 160 cm³/mol. The zero-order valence-corrected chi connectivity index (χ0v) is 23.3. The van der Waals surface area contributed by atoms with Crippen LogP contribution in [0.3, 0.4) is 0 Å². The van der Waals surface area contributed by atoms with Crippen molar-refractivity contribution in [1.82, 2.24) is 10.2 Å². The number of unbranched alkanes of at least 4 members (excludes halogenated alkanes) is 2. The van der Waals surface area contributed by atoms with Crippen LogP contribution in [0.1, 0.15) is 73.9 Å². The van der Waals surface area contributed by atoms with Gasteiger partial charge >= 0.3 is 24.8 Å². The number of nitrogens with zero attached hydrogens (tertiary/aromatic N) is 1. The molecule has 2 N–H and O–H groups in total. The normalized spacial score (nSPS) is 11.7. The maximum atomic E-state index is 13.3. The fourth-order valence-corrected chi connectivity index (χ4v) is 4.85. The first kappa shape index (κ1) is 33.3. The van der Waals surface area contributed by atoms with E-state index in [0.717, 1.165) is 49.2 Å². The summed E-state index contributed by atoms with van der Waals surface area (Å²) in [6.07, 6.45) is 9.24. The van der Waals surface area contributed by atoms with E-state index >= 15 is 0 Å². The molecule has 0 aliphatic rings. The van der Waals surface area contributed by atoms with E-state index in [-0.39, 0.29) is 24.8 Å². The number of aryl methyl sites for hydroxylation is 2. The van der Waals surface area contributed by atoms with E-state index in [4.69, 9.17) is 0 Å². The molecule has 0 spiro atoms. The number of carboxylic acid groups (broad SMARTS) is 1. The van der Waals surface area contributed by atoms with Gasteiger partial charge in [-0.3, -0.25) is 4.79 Å². The van der Waals surface area contributed by atoms with Crippen molar-refractivity contribution < 1.29 is 14.7 Å². The summed E-state index contributed by atoms with van der Waals surface area (Å²) in [7, 11) is 0. The van der Waals surface area contributed by atoms with Crippen LogP contribution >= 0.6 is 11.8 Å². The number of nitrogens with one attached hydrogen (secondary N) is 1. The molecule has 0 heterocycles. The van der Waals surface area contributed by atoms with E-state index < -0.39 is 12.0 Å². The van der Waals surface area contributed by atoms with Crippen LogP contribution in [0.2, 0.25) is 0 Å². The molecule has 0 aromatic heterocycles. The van der Waals surface area contributed by atoms with Crippen molar-refractivity contribution >= 4 is 42.5 Å². The van der Waals surface area contributed by atoms with Crippen molar-refractivity contribution in [2.45, 2.75) is 71.8 Å². The summed E-state index contributed by atoms with van der Waals surface area (Å²) in [5.41, 5.74) is 4.69. The second-order valence-electron chi connectivity index (χ2n) is 9.49. The Labute approximate surface area is 240 Å². The van der Waals surface area contributed by atoms with Gasteiger partial charge in [0.25, 0.3) is 5.91 Å². The van der Waals surface area contributed by atoms with Crippen molar-refractivity contribution in [1.29, 1.82) is 0 Å². The van der Waals surface area contributed by atoms with Crippen LogP contribution in [0.25, 0.3) is 11.1 Å². The minimum absolute atomic E-state index is 0. The Kier molecular flexibility index (Phi) is 16.7. The average molecular weight is 521 g/mol. The van der Waals surface area contributed by atoms with E-state index in [2.05, 4.69) is 30.1 Å². The van der Waals surface area contributed by atoms with Crippen LogP contribution in [-0.2, 0) is 11.2 Å². The topological polar surface area (TPSA) is 69.6 Å². The van der Waals surface area contributed by atoms with E-state index in [1.54, 1.807) is 11.8 Å². The quantitative estimate of drug-likeness (QED) is 0.259.